The van der Waals surface area contributed by atoms with Gasteiger partial charge in [0.25, 0.3) is 0 Å². The van der Waals surface area contributed by atoms with E-state index in [0.29, 0.717) is 13.1 Å². The van der Waals surface area contributed by atoms with Gasteiger partial charge in [0.1, 0.15) is 16.0 Å². The van der Waals surface area contributed by atoms with E-state index in [9.17, 15) is 4.79 Å². The summed E-state index contributed by atoms with van der Waals surface area (Å²) in [5, 5.41) is 0.789. The van der Waals surface area contributed by atoms with E-state index < -0.39 is 5.60 Å². The van der Waals surface area contributed by atoms with Gasteiger partial charge >= 0.3 is 6.09 Å². The minimum absolute atomic E-state index is 0.141. The third-order valence-electron chi connectivity index (χ3n) is 3.74. The molecule has 0 radical (unpaired) electrons. The summed E-state index contributed by atoms with van der Waals surface area (Å²) in [6.07, 6.45) is -0.303. The van der Waals surface area contributed by atoms with Crippen molar-refractivity contribution in [2.24, 2.45) is 0 Å². The maximum atomic E-state index is 12.5. The fourth-order valence-corrected chi connectivity index (χ4v) is 4.11. The molecule has 2 aromatic heterocycles. The maximum absolute atomic E-state index is 12.5. The van der Waals surface area contributed by atoms with Crippen molar-refractivity contribution in [3.05, 3.63) is 16.1 Å². The van der Waals surface area contributed by atoms with Crippen molar-refractivity contribution in [3.8, 4) is 10.8 Å². The maximum Gasteiger partial charge on any atom is 0.410 e. The third kappa shape index (κ3) is 3.19. The molecule has 7 nitrogen and oxygen atoms in total. The molecule has 24 heavy (non-hydrogen) atoms. The molecule has 0 saturated heterocycles. The van der Waals surface area contributed by atoms with E-state index in [4.69, 9.17) is 4.74 Å². The van der Waals surface area contributed by atoms with E-state index in [2.05, 4.69) is 34.8 Å². The molecule has 1 unspecified atom stereocenters. The van der Waals surface area contributed by atoms with Gasteiger partial charge in [0.2, 0.25) is 0 Å². The van der Waals surface area contributed by atoms with Crippen LogP contribution >= 0.6 is 27.5 Å². The van der Waals surface area contributed by atoms with E-state index in [1.807, 2.05) is 34.6 Å². The van der Waals surface area contributed by atoms with Gasteiger partial charge in [0.05, 0.1) is 11.7 Å². The van der Waals surface area contributed by atoms with E-state index in [1.165, 1.54) is 11.5 Å². The molecular formula is C15H20BrN5O2S. The molecule has 130 valence electrons. The Morgan fingerprint density at radius 2 is 2.04 bits per heavy atom. The average molecular weight is 414 g/mol. The predicted octanol–water partition coefficient (Wildman–Crippen LogP) is 3.78. The Kier molecular flexibility index (Phi) is 4.41. The molecule has 1 aliphatic heterocycles. The van der Waals surface area contributed by atoms with Gasteiger partial charge in [-0.15, -0.1) is 0 Å². The lowest BCUT2D eigenvalue weighted by Gasteiger charge is -2.36. The average Bonchev–Trinajstić information content (AvgIpc) is 3.01. The number of hydrogen-bond acceptors (Lipinski definition) is 6. The number of carbonyl (C=O) groups is 1. The molecule has 0 aliphatic carbocycles. The second-order valence-electron chi connectivity index (χ2n) is 6.76. The van der Waals surface area contributed by atoms with Gasteiger partial charge < -0.3 is 9.30 Å². The number of halogens is 1. The van der Waals surface area contributed by atoms with Crippen LogP contribution in [0.1, 0.15) is 45.3 Å². The Hall–Kier alpha value is -1.48. The molecule has 9 heteroatoms. The van der Waals surface area contributed by atoms with Crippen LogP contribution in [0, 0.1) is 6.92 Å². The van der Waals surface area contributed by atoms with Crippen molar-refractivity contribution < 1.29 is 9.53 Å². The number of imidazole rings is 1. The Bertz CT molecular complexity index is 779. The van der Waals surface area contributed by atoms with Crippen molar-refractivity contribution in [1.29, 1.82) is 0 Å². The van der Waals surface area contributed by atoms with Gasteiger partial charge in [-0.25, -0.2) is 14.8 Å². The van der Waals surface area contributed by atoms with E-state index in [1.54, 1.807) is 4.90 Å². The summed E-state index contributed by atoms with van der Waals surface area (Å²) >= 11 is 4.87. The minimum atomic E-state index is -0.513. The van der Waals surface area contributed by atoms with Crippen LogP contribution < -0.4 is 0 Å². The lowest BCUT2D eigenvalue weighted by Crippen LogP contribution is -2.43. The van der Waals surface area contributed by atoms with E-state index in [-0.39, 0.29) is 12.1 Å². The molecule has 0 saturated carbocycles. The number of aryl methyl sites for hydroxylation is 1. The summed E-state index contributed by atoms with van der Waals surface area (Å²) < 4.78 is 12.6. The zero-order valence-corrected chi connectivity index (χ0v) is 16.7. The molecule has 0 spiro atoms. The summed E-state index contributed by atoms with van der Waals surface area (Å²) in [6, 6.07) is -0.141. The number of rotatable bonds is 1. The fourth-order valence-electron chi connectivity index (χ4n) is 2.73. The highest BCUT2D eigenvalue weighted by molar-refractivity contribution is 9.10. The molecule has 3 heterocycles. The van der Waals surface area contributed by atoms with Crippen LogP contribution in [0.2, 0.25) is 0 Å². The number of nitrogens with zero attached hydrogens (tertiary/aromatic N) is 5. The van der Waals surface area contributed by atoms with Crippen molar-refractivity contribution in [3.63, 3.8) is 0 Å². The monoisotopic (exact) mass is 413 g/mol. The molecule has 1 aliphatic rings. The second-order valence-corrected chi connectivity index (χ2v) is 8.26. The minimum Gasteiger partial charge on any atom is -0.444 e. The number of aromatic nitrogens is 4. The molecule has 3 rings (SSSR count). The van der Waals surface area contributed by atoms with Crippen molar-refractivity contribution in [1.82, 2.24) is 23.8 Å². The first kappa shape index (κ1) is 17.3. The molecule has 0 fully saturated rings. The second kappa shape index (κ2) is 6.11. The number of carbonyl (C=O) groups excluding carboxylic acids is 1. The summed E-state index contributed by atoms with van der Waals surface area (Å²) in [7, 11) is 0. The SMILES string of the molecule is Cc1nsc(-c2nc(Br)c3n2CCN(C(=O)OC(C)(C)C)C3C)n1. The third-order valence-corrected chi connectivity index (χ3v) is 5.12. The molecule has 0 aromatic carbocycles. The van der Waals surface area contributed by atoms with Crippen LogP contribution in [-0.2, 0) is 11.3 Å². The van der Waals surface area contributed by atoms with Gasteiger partial charge in [-0.05, 0) is 62.1 Å². The fraction of sp³-hybridized carbons (Fsp3) is 0.600. The Morgan fingerprint density at radius 1 is 1.33 bits per heavy atom. The lowest BCUT2D eigenvalue weighted by atomic mass is 10.1. The van der Waals surface area contributed by atoms with E-state index in [0.717, 1.165) is 27.0 Å². The molecule has 1 amide bonds. The van der Waals surface area contributed by atoms with Crippen molar-refractivity contribution in [2.75, 3.05) is 6.54 Å². The van der Waals surface area contributed by atoms with Gasteiger partial charge in [-0.3, -0.25) is 4.90 Å². The number of fused-ring (bicyclic) bond motifs is 1. The lowest BCUT2D eigenvalue weighted by molar-refractivity contribution is 0.0126. The normalized spacial score (nSPS) is 17.8. The molecule has 1 atom stereocenters. The molecule has 0 bridgehead atoms. The van der Waals surface area contributed by atoms with Crippen LogP contribution in [-0.4, -0.2) is 42.0 Å². The number of hydrogen-bond donors (Lipinski definition) is 0. The van der Waals surface area contributed by atoms with Crippen LogP contribution in [0.3, 0.4) is 0 Å². The van der Waals surface area contributed by atoms with E-state index >= 15 is 0 Å². The first-order valence-corrected chi connectivity index (χ1v) is 9.30. The first-order chi connectivity index (χ1) is 11.2. The Labute approximate surface area is 153 Å². The van der Waals surface area contributed by atoms with Crippen molar-refractivity contribution in [2.45, 2.75) is 52.8 Å². The zero-order chi connectivity index (χ0) is 17.6. The zero-order valence-electron chi connectivity index (χ0n) is 14.3. The molecule has 0 N–H and O–H groups in total. The van der Waals surface area contributed by atoms with Gasteiger partial charge in [0, 0.05) is 13.1 Å². The highest BCUT2D eigenvalue weighted by atomic mass is 79.9. The van der Waals surface area contributed by atoms with Gasteiger partial charge in [-0.2, -0.15) is 4.37 Å². The Balaban J connectivity index is 1.93. The highest BCUT2D eigenvalue weighted by Crippen LogP contribution is 2.36. The largest absolute Gasteiger partial charge is 0.444 e. The van der Waals surface area contributed by atoms with Crippen LogP contribution in [0.4, 0.5) is 4.79 Å². The predicted molar refractivity (Wildman–Crippen MR) is 94.9 cm³/mol. The van der Waals surface area contributed by atoms with Crippen LogP contribution in [0.15, 0.2) is 4.60 Å². The summed E-state index contributed by atoms with van der Waals surface area (Å²) in [5.41, 5.74) is 0.441. The number of ether oxygens (including phenoxy) is 1. The molecular weight excluding hydrogens is 394 g/mol. The first-order valence-electron chi connectivity index (χ1n) is 7.73. The number of amides is 1. The quantitative estimate of drug-likeness (QED) is 0.710. The topological polar surface area (TPSA) is 73.1 Å². The highest BCUT2D eigenvalue weighted by Gasteiger charge is 2.35. The standard InChI is InChI=1S/C15H20BrN5O2S/c1-8-10-11(16)18-12(13-17-9(2)19-24-13)21(10)7-6-20(8)14(22)23-15(3,4)5/h8H,6-7H2,1-5H3. The molecule has 2 aromatic rings. The summed E-state index contributed by atoms with van der Waals surface area (Å²) in [4.78, 5) is 23.2. The van der Waals surface area contributed by atoms with Gasteiger partial charge in [-0.1, -0.05) is 0 Å². The van der Waals surface area contributed by atoms with Gasteiger partial charge in [0.15, 0.2) is 10.8 Å². The Morgan fingerprint density at radius 3 is 2.62 bits per heavy atom. The van der Waals surface area contributed by atoms with Crippen molar-refractivity contribution >= 4 is 33.6 Å². The summed E-state index contributed by atoms with van der Waals surface area (Å²) in [5.74, 6) is 1.53. The smallest absolute Gasteiger partial charge is 0.410 e. The summed E-state index contributed by atoms with van der Waals surface area (Å²) in [6.45, 7) is 10.7. The van der Waals surface area contributed by atoms with Crippen LogP contribution in [0.25, 0.3) is 10.8 Å². The van der Waals surface area contributed by atoms with Crippen LogP contribution in [0.5, 0.6) is 0 Å².